The van der Waals surface area contributed by atoms with E-state index in [2.05, 4.69) is 39.0 Å². The van der Waals surface area contributed by atoms with Gasteiger partial charge in [-0.15, -0.1) is 34.0 Å². The molecule has 0 bridgehead atoms. The molecule has 0 unspecified atom stereocenters. The van der Waals surface area contributed by atoms with Crippen LogP contribution in [0.1, 0.15) is 41.3 Å². The Bertz CT molecular complexity index is 909. The van der Waals surface area contributed by atoms with Gasteiger partial charge < -0.3 is 5.73 Å². The van der Waals surface area contributed by atoms with Gasteiger partial charge in [-0.1, -0.05) is 20.8 Å². The van der Waals surface area contributed by atoms with Crippen molar-refractivity contribution in [2.24, 2.45) is 5.73 Å². The maximum atomic E-state index is 5.90. The van der Waals surface area contributed by atoms with Crippen molar-refractivity contribution in [3.63, 3.8) is 0 Å². The van der Waals surface area contributed by atoms with Crippen LogP contribution in [-0.4, -0.2) is 0 Å². The van der Waals surface area contributed by atoms with E-state index in [0.29, 0.717) is 12.5 Å². The largest absolute Gasteiger partial charge is 0.326 e. The molecule has 4 heteroatoms. The van der Waals surface area contributed by atoms with Gasteiger partial charge in [-0.3, -0.25) is 0 Å². The molecule has 0 amide bonds. The molecule has 3 heterocycles. The molecular weight excluding hydrogens is 326 g/mol. The predicted molar refractivity (Wildman–Crippen MR) is 104 cm³/mol. The van der Waals surface area contributed by atoms with Gasteiger partial charge in [0.2, 0.25) is 0 Å². The average Bonchev–Trinajstić information content (AvgIpc) is 3.20. The lowest BCUT2D eigenvalue weighted by Crippen LogP contribution is -1.91. The number of fused-ring (bicyclic) bond motifs is 6. The molecule has 0 spiro atoms. The summed E-state index contributed by atoms with van der Waals surface area (Å²) >= 11 is 5.80. The second-order valence-corrected chi connectivity index (χ2v) is 9.37. The van der Waals surface area contributed by atoms with Gasteiger partial charge in [0.25, 0.3) is 0 Å². The van der Waals surface area contributed by atoms with E-state index in [0.717, 1.165) is 6.42 Å². The van der Waals surface area contributed by atoms with Crippen LogP contribution in [0.5, 0.6) is 0 Å². The number of nitrogens with two attached hydrogens (primary N) is 1. The van der Waals surface area contributed by atoms with Crippen molar-refractivity contribution < 1.29 is 0 Å². The summed E-state index contributed by atoms with van der Waals surface area (Å²) in [5.74, 6) is 0.584. The number of thiophene rings is 3. The van der Waals surface area contributed by atoms with E-state index in [4.69, 9.17) is 5.73 Å². The summed E-state index contributed by atoms with van der Waals surface area (Å²) in [4.78, 5) is 4.24. The molecule has 114 valence electrons. The monoisotopic (exact) mass is 345 g/mol. The van der Waals surface area contributed by atoms with E-state index in [1.165, 1.54) is 44.9 Å². The minimum absolute atomic E-state index is 0.584. The first-order chi connectivity index (χ1) is 10.6. The van der Waals surface area contributed by atoms with Crippen molar-refractivity contribution in [2.75, 3.05) is 0 Å². The van der Waals surface area contributed by atoms with Crippen molar-refractivity contribution in [2.45, 2.75) is 39.7 Å². The van der Waals surface area contributed by atoms with Crippen molar-refractivity contribution in [3.8, 4) is 0 Å². The first kappa shape index (κ1) is 14.6. The Morgan fingerprint density at radius 1 is 0.864 bits per heavy atom. The van der Waals surface area contributed by atoms with Gasteiger partial charge >= 0.3 is 0 Å². The summed E-state index contributed by atoms with van der Waals surface area (Å²) in [6.45, 7) is 7.44. The second kappa shape index (κ2) is 5.31. The molecule has 0 aliphatic heterocycles. The number of hydrogen-bond acceptors (Lipinski definition) is 4. The van der Waals surface area contributed by atoms with Gasteiger partial charge in [-0.2, -0.15) is 0 Å². The topological polar surface area (TPSA) is 26.0 Å². The number of aryl methyl sites for hydroxylation is 1. The minimum atomic E-state index is 0.584. The zero-order valence-electron chi connectivity index (χ0n) is 13.0. The van der Waals surface area contributed by atoms with Crippen molar-refractivity contribution in [3.05, 3.63) is 32.8 Å². The molecule has 2 N–H and O–H groups in total. The van der Waals surface area contributed by atoms with Crippen LogP contribution in [0.25, 0.3) is 30.3 Å². The molecule has 0 fully saturated rings. The Morgan fingerprint density at radius 3 is 2.00 bits per heavy atom. The smallest absolute Gasteiger partial charge is 0.0447 e. The fourth-order valence-corrected chi connectivity index (χ4v) is 6.53. The maximum Gasteiger partial charge on any atom is 0.0447 e. The maximum absolute atomic E-state index is 5.90. The van der Waals surface area contributed by atoms with Crippen LogP contribution in [0.15, 0.2) is 18.2 Å². The Hall–Kier alpha value is -0.940. The van der Waals surface area contributed by atoms with E-state index in [9.17, 15) is 0 Å². The zero-order chi connectivity index (χ0) is 15.4. The lowest BCUT2D eigenvalue weighted by molar-refractivity contribution is 0.890. The molecule has 4 aromatic rings. The van der Waals surface area contributed by atoms with E-state index < -0.39 is 0 Å². The minimum Gasteiger partial charge on any atom is -0.326 e. The summed E-state index contributed by atoms with van der Waals surface area (Å²) in [7, 11) is 0. The van der Waals surface area contributed by atoms with Gasteiger partial charge in [-0.05, 0) is 30.5 Å². The molecule has 0 saturated heterocycles. The van der Waals surface area contributed by atoms with Crippen LogP contribution in [0.3, 0.4) is 0 Å². The Morgan fingerprint density at radius 2 is 1.41 bits per heavy atom. The molecule has 3 aromatic heterocycles. The Balaban J connectivity index is 2.22. The molecule has 0 aliphatic carbocycles. The molecule has 0 atom stereocenters. The Labute approximate surface area is 142 Å². The molecule has 0 saturated carbocycles. The molecule has 0 radical (unpaired) electrons. The van der Waals surface area contributed by atoms with E-state index in [1.807, 2.05) is 34.0 Å². The van der Waals surface area contributed by atoms with Gasteiger partial charge in [0, 0.05) is 51.4 Å². The highest BCUT2D eigenvalue weighted by atomic mass is 32.1. The normalized spacial score (nSPS) is 12.4. The summed E-state index contributed by atoms with van der Waals surface area (Å²) in [5.41, 5.74) is 5.90. The summed E-state index contributed by atoms with van der Waals surface area (Å²) < 4.78 is 4.34. The van der Waals surface area contributed by atoms with Gasteiger partial charge in [0.15, 0.2) is 0 Å². The van der Waals surface area contributed by atoms with Crippen LogP contribution in [-0.2, 0) is 13.0 Å². The van der Waals surface area contributed by atoms with Gasteiger partial charge in [0.1, 0.15) is 0 Å². The third-order valence-corrected chi connectivity index (χ3v) is 8.14. The number of rotatable bonds is 3. The molecule has 4 rings (SSSR count). The highest BCUT2D eigenvalue weighted by Crippen LogP contribution is 2.46. The van der Waals surface area contributed by atoms with E-state index in [-0.39, 0.29) is 0 Å². The first-order valence-corrected chi connectivity index (χ1v) is 10.2. The van der Waals surface area contributed by atoms with Crippen LogP contribution in [0.2, 0.25) is 0 Å². The fourth-order valence-electron chi connectivity index (χ4n) is 2.96. The fraction of sp³-hybridized carbons (Fsp3) is 0.333. The van der Waals surface area contributed by atoms with E-state index >= 15 is 0 Å². The third kappa shape index (κ3) is 2.05. The summed E-state index contributed by atoms with van der Waals surface area (Å²) in [6.07, 6.45) is 1.11. The molecule has 0 aliphatic rings. The van der Waals surface area contributed by atoms with Crippen LogP contribution < -0.4 is 5.73 Å². The summed E-state index contributed by atoms with van der Waals surface area (Å²) in [5, 5.41) is 4.29. The highest BCUT2D eigenvalue weighted by Gasteiger charge is 2.17. The average molecular weight is 346 g/mol. The van der Waals surface area contributed by atoms with E-state index in [1.54, 1.807) is 0 Å². The Kier molecular flexibility index (Phi) is 3.53. The van der Waals surface area contributed by atoms with Crippen LogP contribution in [0, 0.1) is 0 Å². The zero-order valence-corrected chi connectivity index (χ0v) is 15.5. The third-order valence-electron chi connectivity index (χ3n) is 4.17. The van der Waals surface area contributed by atoms with Crippen LogP contribution >= 0.6 is 34.0 Å². The number of hydrogen-bond donors (Lipinski definition) is 1. The molecular formula is C18H19NS3. The standard InChI is InChI=1S/C18H19NS3/c1-4-10-5-12-16-13(6-11(8-19)21-16)18-14(17(12)20-10)7-15(22-18)9(2)3/h5-7,9H,4,8,19H2,1-3H3. The highest BCUT2D eigenvalue weighted by molar-refractivity contribution is 7.26. The van der Waals surface area contributed by atoms with Crippen molar-refractivity contribution in [1.29, 1.82) is 0 Å². The molecule has 22 heavy (non-hydrogen) atoms. The van der Waals surface area contributed by atoms with Crippen LogP contribution in [0.4, 0.5) is 0 Å². The van der Waals surface area contributed by atoms with Gasteiger partial charge in [-0.25, -0.2) is 0 Å². The predicted octanol–water partition coefficient (Wildman–Crippen LogP) is 6.48. The number of benzene rings is 1. The van der Waals surface area contributed by atoms with Crippen molar-refractivity contribution >= 4 is 64.3 Å². The quantitative estimate of drug-likeness (QED) is 0.452. The second-order valence-electron chi connectivity index (χ2n) is 6.01. The van der Waals surface area contributed by atoms with Gasteiger partial charge in [0.05, 0.1) is 0 Å². The lowest BCUT2D eigenvalue weighted by atomic mass is 10.1. The molecule has 1 aromatic carbocycles. The molecule has 1 nitrogen and oxygen atoms in total. The first-order valence-electron chi connectivity index (χ1n) is 7.72. The summed E-state index contributed by atoms with van der Waals surface area (Å²) in [6, 6.07) is 7.12. The lowest BCUT2D eigenvalue weighted by Gasteiger charge is -1.96. The van der Waals surface area contributed by atoms with Crippen molar-refractivity contribution in [1.82, 2.24) is 0 Å². The SMILES string of the molecule is CCc1cc2c(s1)c1cc(C(C)C)sc1c1cc(CN)sc21.